The lowest BCUT2D eigenvalue weighted by Crippen LogP contribution is -2.24. The molecule has 1 N–H and O–H groups in total. The Labute approximate surface area is 240 Å². The molecule has 1 aliphatic carbocycles. The zero-order chi connectivity index (χ0) is 28.1. The van der Waals surface area contributed by atoms with Crippen LogP contribution in [0.15, 0.2) is 78.3 Å². The third-order valence-electron chi connectivity index (χ3n) is 7.49. The number of nitrogens with zero attached hydrogens (tertiary/aromatic N) is 1. The topological polar surface area (TPSA) is 51.2 Å². The van der Waals surface area contributed by atoms with Gasteiger partial charge in [0.1, 0.15) is 11.0 Å². The molecule has 1 aromatic carbocycles. The average Bonchev–Trinajstić information content (AvgIpc) is 3.31. The molecular formula is C35H36N2O2S. The molecule has 1 saturated carbocycles. The first-order valence-electron chi connectivity index (χ1n) is 14.0. The lowest BCUT2D eigenvalue weighted by Gasteiger charge is -2.26. The number of benzene rings is 1. The van der Waals surface area contributed by atoms with Crippen LogP contribution in [0.5, 0.6) is 0 Å². The van der Waals surface area contributed by atoms with Gasteiger partial charge in [-0.05, 0) is 108 Å². The summed E-state index contributed by atoms with van der Waals surface area (Å²) in [5, 5.41) is 7.41. The first-order valence-corrected chi connectivity index (χ1v) is 14.8. The van der Waals surface area contributed by atoms with E-state index in [4.69, 9.17) is 9.72 Å². The van der Waals surface area contributed by atoms with Crippen LogP contribution < -0.4 is 15.8 Å². The first-order chi connectivity index (χ1) is 19.4. The lowest BCUT2D eigenvalue weighted by molar-refractivity contribution is 0.0160. The molecule has 2 aromatic heterocycles. The molecule has 3 aromatic rings. The van der Waals surface area contributed by atoms with Crippen molar-refractivity contribution >= 4 is 46.8 Å². The molecule has 40 heavy (non-hydrogen) atoms. The number of rotatable bonds is 6. The van der Waals surface area contributed by atoms with Crippen LogP contribution in [0.2, 0.25) is 0 Å². The summed E-state index contributed by atoms with van der Waals surface area (Å²) in [6, 6.07) is 14.3. The molecule has 2 atom stereocenters. The lowest BCUT2D eigenvalue weighted by atomic mass is 9.89. The maximum Gasteiger partial charge on any atom is 0.348 e. The predicted octanol–water partition coefficient (Wildman–Crippen LogP) is 7.02. The summed E-state index contributed by atoms with van der Waals surface area (Å²) in [5.74, 6) is 0.402. The van der Waals surface area contributed by atoms with Crippen molar-refractivity contribution in [2.24, 2.45) is 5.92 Å². The molecule has 0 spiro atoms. The second-order valence-corrected chi connectivity index (χ2v) is 11.5. The summed E-state index contributed by atoms with van der Waals surface area (Å²) in [6.07, 6.45) is 16.6. The van der Waals surface area contributed by atoms with Gasteiger partial charge in [0.2, 0.25) is 0 Å². The Kier molecular flexibility index (Phi) is 8.61. The van der Waals surface area contributed by atoms with Crippen molar-refractivity contribution in [3.8, 4) is 0 Å². The van der Waals surface area contributed by atoms with Crippen molar-refractivity contribution in [2.75, 3.05) is 0 Å². The summed E-state index contributed by atoms with van der Waals surface area (Å²) >= 11 is 1.44. The molecule has 5 heteroatoms. The molecule has 3 heterocycles. The van der Waals surface area contributed by atoms with Gasteiger partial charge in [-0.1, -0.05) is 56.4 Å². The van der Waals surface area contributed by atoms with Crippen molar-refractivity contribution in [1.29, 1.82) is 0 Å². The Morgan fingerprint density at radius 2 is 2.05 bits per heavy atom. The number of aromatic nitrogens is 1. The summed E-state index contributed by atoms with van der Waals surface area (Å²) < 4.78 is 5.86. The molecule has 2 aliphatic rings. The highest BCUT2D eigenvalue weighted by Gasteiger charge is 2.23. The van der Waals surface area contributed by atoms with E-state index in [0.717, 1.165) is 69.1 Å². The normalized spacial score (nSPS) is 19.9. The second-order valence-electron chi connectivity index (χ2n) is 10.6. The Morgan fingerprint density at radius 3 is 2.85 bits per heavy atom. The van der Waals surface area contributed by atoms with E-state index in [1.807, 2.05) is 61.8 Å². The zero-order valence-electron chi connectivity index (χ0n) is 23.4. The number of ether oxygens (including phenoxy) is 1. The van der Waals surface area contributed by atoms with Gasteiger partial charge in [-0.25, -0.2) is 4.79 Å². The minimum absolute atomic E-state index is 0.0305. The van der Waals surface area contributed by atoms with Crippen molar-refractivity contribution in [3.63, 3.8) is 0 Å². The summed E-state index contributed by atoms with van der Waals surface area (Å²) in [4.78, 5) is 18.3. The van der Waals surface area contributed by atoms with Crippen LogP contribution in [0, 0.1) is 12.8 Å². The van der Waals surface area contributed by atoms with E-state index < -0.39 is 0 Å². The number of nitrogens with one attached hydrogen (secondary N) is 1. The van der Waals surface area contributed by atoms with Crippen molar-refractivity contribution in [1.82, 2.24) is 10.3 Å². The van der Waals surface area contributed by atoms with Crippen LogP contribution in [0.25, 0.3) is 29.5 Å². The molecule has 1 aliphatic heterocycles. The van der Waals surface area contributed by atoms with E-state index in [2.05, 4.69) is 55.2 Å². The Morgan fingerprint density at radius 1 is 1.18 bits per heavy atom. The van der Waals surface area contributed by atoms with Gasteiger partial charge in [0.05, 0.1) is 11.4 Å². The number of allylic oxidation sites excluding steroid dienone is 6. The Balaban J connectivity index is 1.46. The van der Waals surface area contributed by atoms with Crippen LogP contribution in [0.1, 0.15) is 71.7 Å². The number of carbonyl (C=O) groups excluding carboxylic acids is 1. The van der Waals surface area contributed by atoms with Gasteiger partial charge in [-0.15, -0.1) is 11.3 Å². The molecule has 0 amide bonds. The molecule has 1 unspecified atom stereocenters. The van der Waals surface area contributed by atoms with E-state index in [1.165, 1.54) is 17.8 Å². The van der Waals surface area contributed by atoms with Crippen LogP contribution in [0.3, 0.4) is 0 Å². The van der Waals surface area contributed by atoms with Gasteiger partial charge in [0, 0.05) is 17.5 Å². The Hall–Kier alpha value is -3.96. The highest BCUT2D eigenvalue weighted by atomic mass is 32.1. The SMILES string of the molecule is C=c1ccc(C2=C(c3cccc(C)n3)NC=CC=C2)c/c1=C/C(=C\C)c1csc(C(=O)O[C@H]2CCCC(C)C2)c1. The number of thiophene rings is 1. The fourth-order valence-corrected chi connectivity index (χ4v) is 6.12. The van der Waals surface area contributed by atoms with Crippen LogP contribution in [0.4, 0.5) is 0 Å². The smallest absolute Gasteiger partial charge is 0.348 e. The van der Waals surface area contributed by atoms with E-state index in [0.29, 0.717) is 10.8 Å². The molecule has 4 nitrogen and oxygen atoms in total. The molecule has 204 valence electrons. The van der Waals surface area contributed by atoms with Crippen LogP contribution >= 0.6 is 11.3 Å². The van der Waals surface area contributed by atoms with Gasteiger partial charge in [0.25, 0.3) is 0 Å². The van der Waals surface area contributed by atoms with Gasteiger partial charge < -0.3 is 10.1 Å². The van der Waals surface area contributed by atoms with E-state index in [9.17, 15) is 4.79 Å². The Bertz CT molecular complexity index is 1640. The summed E-state index contributed by atoms with van der Waals surface area (Å²) in [7, 11) is 0. The fourth-order valence-electron chi connectivity index (χ4n) is 5.32. The summed E-state index contributed by atoms with van der Waals surface area (Å²) in [6.45, 7) is 10.6. The van der Waals surface area contributed by atoms with Gasteiger partial charge in [0.15, 0.2) is 0 Å². The second kappa shape index (κ2) is 12.5. The average molecular weight is 549 g/mol. The largest absolute Gasteiger partial charge is 0.458 e. The molecule has 0 bridgehead atoms. The molecule has 0 saturated heterocycles. The zero-order valence-corrected chi connectivity index (χ0v) is 24.3. The van der Waals surface area contributed by atoms with Crippen LogP contribution in [-0.2, 0) is 4.74 Å². The van der Waals surface area contributed by atoms with E-state index >= 15 is 0 Å². The molecular weight excluding hydrogens is 512 g/mol. The van der Waals surface area contributed by atoms with Crippen LogP contribution in [-0.4, -0.2) is 17.1 Å². The molecule has 0 radical (unpaired) electrons. The molecule has 1 fully saturated rings. The third kappa shape index (κ3) is 6.43. The maximum absolute atomic E-state index is 12.9. The fraction of sp³-hybridized carbons (Fsp3) is 0.257. The third-order valence-corrected chi connectivity index (χ3v) is 8.40. The maximum atomic E-state index is 12.9. The van der Waals surface area contributed by atoms with Crippen molar-refractivity contribution in [3.05, 3.63) is 116 Å². The number of esters is 1. The monoisotopic (exact) mass is 548 g/mol. The van der Waals surface area contributed by atoms with Gasteiger partial charge >= 0.3 is 5.97 Å². The van der Waals surface area contributed by atoms with E-state index in [1.54, 1.807) is 0 Å². The highest BCUT2D eigenvalue weighted by Crippen LogP contribution is 2.29. The summed E-state index contributed by atoms with van der Waals surface area (Å²) in [5.41, 5.74) is 6.98. The standard InChI is InChI=1S/C35H36N2O2S/c1-5-26(29-21-33(40-22-29)35(38)39-30-12-8-10-23(2)18-30)19-28-20-27(16-15-24(28)3)31-13-6-7-17-36-34(31)32-14-9-11-25(4)37-32/h5-7,9,11,13-17,19-23,30,36H,3,8,10,12,18H2,1-2,4H3/b26-5+,28-19-/t23?,30-/m0/s1. The number of carbonyl (C=O) groups is 1. The minimum atomic E-state index is -0.212. The predicted molar refractivity (Wildman–Crippen MR) is 168 cm³/mol. The number of hydrogen-bond acceptors (Lipinski definition) is 5. The number of pyridine rings is 1. The first kappa shape index (κ1) is 27.6. The highest BCUT2D eigenvalue weighted by molar-refractivity contribution is 7.12. The van der Waals surface area contributed by atoms with Gasteiger partial charge in [-0.3, -0.25) is 4.98 Å². The van der Waals surface area contributed by atoms with E-state index in [-0.39, 0.29) is 12.1 Å². The minimum Gasteiger partial charge on any atom is -0.458 e. The number of aryl methyl sites for hydroxylation is 1. The number of hydrogen-bond donors (Lipinski definition) is 1. The van der Waals surface area contributed by atoms with Gasteiger partial charge in [-0.2, -0.15) is 0 Å². The van der Waals surface area contributed by atoms with Crippen molar-refractivity contribution in [2.45, 2.75) is 52.6 Å². The van der Waals surface area contributed by atoms with Crippen molar-refractivity contribution < 1.29 is 9.53 Å². The quantitative estimate of drug-likeness (QED) is 0.336. The molecule has 5 rings (SSSR count).